The minimum Gasteiger partial charge on any atom is -0.478 e. The molecule has 0 spiro atoms. The van der Waals surface area contributed by atoms with Crippen LogP contribution in [0.3, 0.4) is 0 Å². The summed E-state index contributed by atoms with van der Waals surface area (Å²) in [5, 5.41) is 12.6. The summed E-state index contributed by atoms with van der Waals surface area (Å²) in [5.74, 6) is -1.10. The summed E-state index contributed by atoms with van der Waals surface area (Å²) in [5.41, 5.74) is 1.10. The van der Waals surface area contributed by atoms with Gasteiger partial charge in [0, 0.05) is 16.8 Å². The van der Waals surface area contributed by atoms with Gasteiger partial charge < -0.3 is 9.67 Å². The Bertz CT molecular complexity index is 895. The summed E-state index contributed by atoms with van der Waals surface area (Å²) in [7, 11) is 0. The lowest BCUT2D eigenvalue weighted by molar-refractivity contribution is 0.0698. The maximum atomic E-state index is 12.2. The number of hydrogen-bond acceptors (Lipinski definition) is 4. The van der Waals surface area contributed by atoms with Crippen molar-refractivity contribution in [1.29, 1.82) is 0 Å². The molecule has 0 fully saturated rings. The summed E-state index contributed by atoms with van der Waals surface area (Å²) in [6.45, 7) is 2.24. The van der Waals surface area contributed by atoms with Crippen molar-refractivity contribution in [3.63, 3.8) is 0 Å². The minimum absolute atomic E-state index is 0.0290. The third-order valence-corrected chi connectivity index (χ3v) is 4.06. The number of pyridine rings is 1. The number of aryl methyl sites for hydroxylation is 1. The highest BCUT2D eigenvalue weighted by Gasteiger charge is 2.14. The molecule has 2 heterocycles. The molecule has 0 aliphatic rings. The van der Waals surface area contributed by atoms with Crippen LogP contribution in [0.4, 0.5) is 0 Å². The molecule has 0 saturated heterocycles. The first-order chi connectivity index (χ1) is 10.1. The van der Waals surface area contributed by atoms with Crippen LogP contribution < -0.4 is 5.56 Å². The van der Waals surface area contributed by atoms with Crippen LogP contribution in [0.25, 0.3) is 10.9 Å². The van der Waals surface area contributed by atoms with Gasteiger partial charge in [0.2, 0.25) is 0 Å². The van der Waals surface area contributed by atoms with Crippen molar-refractivity contribution in [2.75, 3.05) is 0 Å². The van der Waals surface area contributed by atoms with Crippen LogP contribution in [-0.2, 0) is 6.54 Å². The van der Waals surface area contributed by atoms with E-state index in [1.165, 1.54) is 17.4 Å². The molecule has 5 nitrogen and oxygen atoms in total. The Morgan fingerprint density at radius 2 is 2.14 bits per heavy atom. The third kappa shape index (κ3) is 2.45. The summed E-state index contributed by atoms with van der Waals surface area (Å²) < 4.78 is 1.55. The van der Waals surface area contributed by atoms with Gasteiger partial charge in [0.05, 0.1) is 28.3 Å². The molecule has 0 amide bonds. The molecule has 0 atom stereocenters. The van der Waals surface area contributed by atoms with E-state index in [1.54, 1.807) is 28.8 Å². The average molecular weight is 300 g/mol. The normalized spacial score (nSPS) is 10.9. The van der Waals surface area contributed by atoms with Gasteiger partial charge in [0.1, 0.15) is 0 Å². The SMILES string of the molecule is Cc1nc(Cn2c(=O)cc(C(=O)O)c3ccccc32)cs1. The van der Waals surface area contributed by atoms with Crippen LogP contribution in [0.15, 0.2) is 40.5 Å². The maximum Gasteiger partial charge on any atom is 0.336 e. The van der Waals surface area contributed by atoms with Crippen molar-refractivity contribution >= 4 is 28.2 Å². The van der Waals surface area contributed by atoms with Crippen LogP contribution in [0.1, 0.15) is 21.1 Å². The summed E-state index contributed by atoms with van der Waals surface area (Å²) in [4.78, 5) is 27.9. The standard InChI is InChI=1S/C15H12N2O3S/c1-9-16-10(8-21-9)7-17-13-5-3-2-4-11(13)12(15(19)20)6-14(17)18/h2-6,8H,7H2,1H3,(H,19,20). The molecule has 21 heavy (non-hydrogen) atoms. The number of thiazole rings is 1. The first-order valence-electron chi connectivity index (χ1n) is 6.33. The number of fused-ring (bicyclic) bond motifs is 1. The van der Waals surface area contributed by atoms with E-state index < -0.39 is 5.97 Å². The first kappa shape index (κ1) is 13.5. The quantitative estimate of drug-likeness (QED) is 0.806. The molecule has 0 aliphatic heterocycles. The van der Waals surface area contributed by atoms with Crippen LogP contribution in [0, 0.1) is 6.92 Å². The second kappa shape index (κ2) is 5.14. The number of rotatable bonds is 3. The average Bonchev–Trinajstić information content (AvgIpc) is 2.87. The Balaban J connectivity index is 2.23. The van der Waals surface area contributed by atoms with Gasteiger partial charge in [0.25, 0.3) is 5.56 Å². The topological polar surface area (TPSA) is 72.2 Å². The number of carboxylic acid groups (broad SMARTS) is 1. The van der Waals surface area contributed by atoms with E-state index in [1.807, 2.05) is 12.3 Å². The number of para-hydroxylation sites is 1. The minimum atomic E-state index is -1.10. The van der Waals surface area contributed by atoms with Crippen molar-refractivity contribution in [3.8, 4) is 0 Å². The number of carbonyl (C=O) groups is 1. The zero-order valence-electron chi connectivity index (χ0n) is 11.2. The van der Waals surface area contributed by atoms with Crippen molar-refractivity contribution < 1.29 is 9.90 Å². The lowest BCUT2D eigenvalue weighted by Crippen LogP contribution is -2.22. The fourth-order valence-corrected chi connectivity index (χ4v) is 2.92. The van der Waals surface area contributed by atoms with E-state index in [0.29, 0.717) is 17.4 Å². The number of nitrogens with zero attached hydrogens (tertiary/aromatic N) is 2. The van der Waals surface area contributed by atoms with Crippen LogP contribution in [0.2, 0.25) is 0 Å². The fraction of sp³-hybridized carbons (Fsp3) is 0.133. The van der Waals surface area contributed by atoms with Crippen LogP contribution in [0.5, 0.6) is 0 Å². The molecule has 0 aliphatic carbocycles. The lowest BCUT2D eigenvalue weighted by atomic mass is 10.1. The van der Waals surface area contributed by atoms with E-state index in [4.69, 9.17) is 0 Å². The molecule has 2 aromatic heterocycles. The number of carboxylic acids is 1. The Morgan fingerprint density at radius 1 is 1.38 bits per heavy atom. The van der Waals surface area contributed by atoms with Gasteiger partial charge in [-0.25, -0.2) is 9.78 Å². The molecule has 0 bridgehead atoms. The lowest BCUT2D eigenvalue weighted by Gasteiger charge is -2.10. The molecular weight excluding hydrogens is 288 g/mol. The van der Waals surface area contributed by atoms with E-state index in [0.717, 1.165) is 10.7 Å². The predicted octanol–water partition coefficient (Wildman–Crippen LogP) is 2.51. The molecule has 3 rings (SSSR count). The van der Waals surface area contributed by atoms with Gasteiger partial charge in [-0.15, -0.1) is 11.3 Å². The molecule has 6 heteroatoms. The zero-order valence-corrected chi connectivity index (χ0v) is 12.1. The second-order valence-electron chi connectivity index (χ2n) is 4.66. The van der Waals surface area contributed by atoms with E-state index in [-0.39, 0.29) is 11.1 Å². The number of hydrogen-bond donors (Lipinski definition) is 1. The third-order valence-electron chi connectivity index (χ3n) is 3.24. The van der Waals surface area contributed by atoms with E-state index >= 15 is 0 Å². The van der Waals surface area contributed by atoms with Gasteiger partial charge in [-0.2, -0.15) is 0 Å². The Morgan fingerprint density at radius 3 is 2.81 bits per heavy atom. The van der Waals surface area contributed by atoms with E-state index in [2.05, 4.69) is 4.98 Å². The van der Waals surface area contributed by atoms with E-state index in [9.17, 15) is 14.7 Å². The first-order valence-corrected chi connectivity index (χ1v) is 7.21. The van der Waals surface area contributed by atoms with Gasteiger partial charge in [-0.1, -0.05) is 18.2 Å². The number of aromatic nitrogens is 2. The molecule has 106 valence electrons. The highest BCUT2D eigenvalue weighted by Crippen LogP contribution is 2.18. The smallest absolute Gasteiger partial charge is 0.336 e. The van der Waals surface area contributed by atoms with Gasteiger partial charge in [-0.3, -0.25) is 4.79 Å². The Labute approximate surface area is 124 Å². The highest BCUT2D eigenvalue weighted by atomic mass is 32.1. The largest absolute Gasteiger partial charge is 0.478 e. The van der Waals surface area contributed by atoms with Crippen LogP contribution in [-0.4, -0.2) is 20.6 Å². The van der Waals surface area contributed by atoms with Gasteiger partial charge in [-0.05, 0) is 13.0 Å². The molecule has 1 N–H and O–H groups in total. The van der Waals surface area contributed by atoms with Crippen molar-refractivity contribution in [2.24, 2.45) is 0 Å². The molecule has 0 radical (unpaired) electrons. The molecular formula is C15H12N2O3S. The molecule has 0 unspecified atom stereocenters. The summed E-state index contributed by atoms with van der Waals surface area (Å²) in [6.07, 6.45) is 0. The maximum absolute atomic E-state index is 12.2. The predicted molar refractivity (Wildman–Crippen MR) is 81.1 cm³/mol. The molecule has 3 aromatic rings. The van der Waals surface area contributed by atoms with Gasteiger partial charge in [0.15, 0.2) is 0 Å². The Kier molecular flexibility index (Phi) is 3.31. The zero-order chi connectivity index (χ0) is 15.0. The molecule has 0 saturated carbocycles. The van der Waals surface area contributed by atoms with Gasteiger partial charge >= 0.3 is 5.97 Å². The number of aromatic carboxylic acids is 1. The van der Waals surface area contributed by atoms with Crippen molar-refractivity contribution in [3.05, 3.63) is 62.3 Å². The molecule has 1 aromatic carbocycles. The highest BCUT2D eigenvalue weighted by molar-refractivity contribution is 7.09. The van der Waals surface area contributed by atoms with Crippen molar-refractivity contribution in [2.45, 2.75) is 13.5 Å². The van der Waals surface area contributed by atoms with Crippen LogP contribution >= 0.6 is 11.3 Å². The summed E-state index contributed by atoms with van der Waals surface area (Å²) in [6, 6.07) is 8.18. The Hall–Kier alpha value is -2.47. The van der Waals surface area contributed by atoms with Crippen molar-refractivity contribution in [1.82, 2.24) is 9.55 Å². The monoisotopic (exact) mass is 300 g/mol. The second-order valence-corrected chi connectivity index (χ2v) is 5.72. The fourth-order valence-electron chi connectivity index (χ4n) is 2.32. The summed E-state index contributed by atoms with van der Waals surface area (Å²) >= 11 is 1.52. The number of benzene rings is 1.